The summed E-state index contributed by atoms with van der Waals surface area (Å²) in [5.74, 6) is -1.51. The molecular formula is C14H16F2O3S. The average Bonchev–Trinajstić information content (AvgIpc) is 2.30. The van der Waals surface area contributed by atoms with Crippen LogP contribution in [-0.4, -0.2) is 24.0 Å². The molecule has 0 radical (unpaired) electrons. The SMILES string of the molecule is O=S1(=O)C2CCCC1CC(O)(c1cc(F)cc(F)c1)C2. The van der Waals surface area contributed by atoms with Crippen molar-refractivity contribution in [2.24, 2.45) is 0 Å². The molecule has 6 heteroatoms. The number of rotatable bonds is 1. The lowest BCUT2D eigenvalue weighted by molar-refractivity contribution is 0.00447. The molecular weight excluding hydrogens is 286 g/mol. The summed E-state index contributed by atoms with van der Waals surface area (Å²) in [7, 11) is -3.21. The van der Waals surface area contributed by atoms with Gasteiger partial charge in [0.25, 0.3) is 0 Å². The Morgan fingerprint density at radius 1 is 1.05 bits per heavy atom. The van der Waals surface area contributed by atoms with Crippen molar-refractivity contribution in [1.29, 1.82) is 0 Å². The first-order valence-electron chi connectivity index (χ1n) is 6.73. The molecule has 3 nitrogen and oxygen atoms in total. The third kappa shape index (κ3) is 2.15. The predicted octanol–water partition coefficient (Wildman–Crippen LogP) is 2.28. The minimum absolute atomic E-state index is 0.0225. The molecule has 0 aromatic heterocycles. The molecule has 0 aliphatic carbocycles. The summed E-state index contributed by atoms with van der Waals surface area (Å²) >= 11 is 0. The van der Waals surface area contributed by atoms with Crippen LogP contribution >= 0.6 is 0 Å². The van der Waals surface area contributed by atoms with Crippen molar-refractivity contribution in [2.45, 2.75) is 48.2 Å². The van der Waals surface area contributed by atoms with E-state index in [-0.39, 0.29) is 18.4 Å². The molecule has 2 heterocycles. The number of sulfone groups is 1. The van der Waals surface area contributed by atoms with Crippen LogP contribution in [0.25, 0.3) is 0 Å². The summed E-state index contributed by atoms with van der Waals surface area (Å²) in [6.07, 6.45) is 1.89. The van der Waals surface area contributed by atoms with E-state index in [2.05, 4.69) is 0 Å². The topological polar surface area (TPSA) is 54.4 Å². The number of halogens is 2. The van der Waals surface area contributed by atoms with Crippen LogP contribution in [0.15, 0.2) is 18.2 Å². The first-order chi connectivity index (χ1) is 9.31. The van der Waals surface area contributed by atoms with Crippen LogP contribution in [0, 0.1) is 11.6 Å². The molecule has 3 rings (SSSR count). The largest absolute Gasteiger partial charge is 0.385 e. The fourth-order valence-electron chi connectivity index (χ4n) is 3.51. The van der Waals surface area contributed by atoms with E-state index < -0.39 is 37.6 Å². The Bertz CT molecular complexity index is 602. The summed E-state index contributed by atoms with van der Waals surface area (Å²) in [4.78, 5) is 0. The second kappa shape index (κ2) is 4.49. The second-order valence-electron chi connectivity index (χ2n) is 5.86. The normalized spacial score (nSPS) is 35.8. The zero-order valence-corrected chi connectivity index (χ0v) is 11.7. The van der Waals surface area contributed by atoms with Crippen LogP contribution in [-0.2, 0) is 15.4 Å². The van der Waals surface area contributed by atoms with Crippen LogP contribution in [0.3, 0.4) is 0 Å². The molecule has 2 unspecified atom stereocenters. The Kier molecular flexibility index (Phi) is 3.14. The van der Waals surface area contributed by atoms with Gasteiger partial charge in [-0.25, -0.2) is 17.2 Å². The molecule has 1 aromatic carbocycles. The van der Waals surface area contributed by atoms with E-state index >= 15 is 0 Å². The molecule has 2 fully saturated rings. The lowest BCUT2D eigenvalue weighted by Crippen LogP contribution is -2.50. The lowest BCUT2D eigenvalue weighted by Gasteiger charge is -2.44. The molecule has 1 N–H and O–H groups in total. The van der Waals surface area contributed by atoms with E-state index in [1.807, 2.05) is 0 Å². The molecule has 110 valence electrons. The fraction of sp³-hybridized carbons (Fsp3) is 0.571. The van der Waals surface area contributed by atoms with Crippen molar-refractivity contribution >= 4 is 9.84 Å². The van der Waals surface area contributed by atoms with Crippen LogP contribution in [0.1, 0.15) is 37.7 Å². The Balaban J connectivity index is 2.02. The van der Waals surface area contributed by atoms with Gasteiger partial charge in [0.2, 0.25) is 0 Å². The molecule has 1 aromatic rings. The van der Waals surface area contributed by atoms with Crippen molar-refractivity contribution in [3.63, 3.8) is 0 Å². The van der Waals surface area contributed by atoms with Gasteiger partial charge >= 0.3 is 0 Å². The summed E-state index contributed by atoms with van der Waals surface area (Å²) in [6, 6.07) is 2.93. The Morgan fingerprint density at radius 3 is 2.05 bits per heavy atom. The first-order valence-corrected chi connectivity index (χ1v) is 8.34. The van der Waals surface area contributed by atoms with Gasteiger partial charge in [0.1, 0.15) is 11.6 Å². The zero-order chi connectivity index (χ0) is 14.5. The van der Waals surface area contributed by atoms with E-state index in [0.29, 0.717) is 12.8 Å². The number of fused-ring (bicyclic) bond motifs is 2. The highest BCUT2D eigenvalue weighted by Crippen LogP contribution is 2.46. The van der Waals surface area contributed by atoms with E-state index in [0.717, 1.165) is 24.6 Å². The standard InChI is InChI=1S/C14H16F2O3S/c15-10-4-9(5-11(16)6-10)14(17)7-12-2-1-3-13(8-14)20(12,18)19/h4-6,12-13,17H,1-3,7-8H2. The molecule has 2 saturated heterocycles. The fourth-order valence-corrected chi connectivity index (χ4v) is 6.06. The maximum Gasteiger partial charge on any atom is 0.156 e. The van der Waals surface area contributed by atoms with Gasteiger partial charge < -0.3 is 5.11 Å². The summed E-state index contributed by atoms with van der Waals surface area (Å²) < 4.78 is 51.0. The summed E-state index contributed by atoms with van der Waals surface area (Å²) in [5.41, 5.74) is -1.31. The quantitative estimate of drug-likeness (QED) is 0.866. The molecule has 0 spiro atoms. The van der Waals surface area contributed by atoms with Gasteiger partial charge in [0, 0.05) is 6.07 Å². The number of aliphatic hydroxyl groups is 1. The summed E-state index contributed by atoms with van der Waals surface area (Å²) in [6.45, 7) is 0. The van der Waals surface area contributed by atoms with Gasteiger partial charge in [0.15, 0.2) is 9.84 Å². The Morgan fingerprint density at radius 2 is 1.55 bits per heavy atom. The summed E-state index contributed by atoms with van der Waals surface area (Å²) in [5, 5.41) is 9.52. The third-order valence-corrected chi connectivity index (χ3v) is 7.18. The molecule has 0 amide bonds. The van der Waals surface area contributed by atoms with Crippen molar-refractivity contribution in [1.82, 2.24) is 0 Å². The molecule has 2 aliphatic heterocycles. The van der Waals surface area contributed by atoms with Crippen molar-refractivity contribution < 1.29 is 22.3 Å². The Labute approximate surface area is 116 Å². The van der Waals surface area contributed by atoms with E-state index in [1.165, 1.54) is 0 Å². The average molecular weight is 302 g/mol. The molecule has 0 saturated carbocycles. The van der Waals surface area contributed by atoms with Crippen LogP contribution in [0.2, 0.25) is 0 Å². The highest BCUT2D eigenvalue weighted by molar-refractivity contribution is 7.92. The van der Waals surface area contributed by atoms with Gasteiger partial charge in [-0.15, -0.1) is 0 Å². The first kappa shape index (κ1) is 13.9. The van der Waals surface area contributed by atoms with Crippen molar-refractivity contribution in [2.75, 3.05) is 0 Å². The van der Waals surface area contributed by atoms with E-state index in [9.17, 15) is 22.3 Å². The molecule has 2 aliphatic rings. The zero-order valence-electron chi connectivity index (χ0n) is 10.9. The Hall–Kier alpha value is -1.01. The van der Waals surface area contributed by atoms with Gasteiger partial charge in [-0.1, -0.05) is 6.42 Å². The maximum atomic E-state index is 13.3. The maximum absolute atomic E-state index is 13.3. The highest BCUT2D eigenvalue weighted by Gasteiger charge is 2.51. The van der Waals surface area contributed by atoms with Gasteiger partial charge in [-0.2, -0.15) is 0 Å². The van der Waals surface area contributed by atoms with Crippen molar-refractivity contribution in [3.8, 4) is 0 Å². The molecule has 20 heavy (non-hydrogen) atoms. The van der Waals surface area contributed by atoms with Crippen LogP contribution in [0.4, 0.5) is 8.78 Å². The smallest absolute Gasteiger partial charge is 0.156 e. The number of hydrogen-bond donors (Lipinski definition) is 1. The monoisotopic (exact) mass is 302 g/mol. The number of benzene rings is 1. The highest BCUT2D eigenvalue weighted by atomic mass is 32.2. The van der Waals surface area contributed by atoms with Crippen LogP contribution < -0.4 is 0 Å². The third-order valence-electron chi connectivity index (χ3n) is 4.51. The van der Waals surface area contributed by atoms with Crippen LogP contribution in [0.5, 0.6) is 0 Å². The minimum atomic E-state index is -3.21. The van der Waals surface area contributed by atoms with Crippen molar-refractivity contribution in [3.05, 3.63) is 35.4 Å². The molecule has 2 atom stereocenters. The van der Waals surface area contributed by atoms with E-state index in [1.54, 1.807) is 0 Å². The van der Waals surface area contributed by atoms with Gasteiger partial charge in [0.05, 0.1) is 16.1 Å². The number of hydrogen-bond acceptors (Lipinski definition) is 3. The van der Waals surface area contributed by atoms with E-state index in [4.69, 9.17) is 0 Å². The lowest BCUT2D eigenvalue weighted by atomic mass is 9.80. The van der Waals surface area contributed by atoms with Gasteiger partial charge in [-0.05, 0) is 43.4 Å². The second-order valence-corrected chi connectivity index (χ2v) is 8.37. The minimum Gasteiger partial charge on any atom is -0.385 e. The molecule has 2 bridgehead atoms. The van der Waals surface area contributed by atoms with Gasteiger partial charge in [-0.3, -0.25) is 0 Å². The predicted molar refractivity (Wildman–Crippen MR) is 69.8 cm³/mol.